The van der Waals surface area contributed by atoms with Crippen LogP contribution in [0.1, 0.15) is 75.7 Å². The summed E-state index contributed by atoms with van der Waals surface area (Å²) in [6.45, 7) is 6.61. The van der Waals surface area contributed by atoms with Gasteiger partial charge in [-0.3, -0.25) is 4.98 Å². The summed E-state index contributed by atoms with van der Waals surface area (Å²) in [6, 6.07) is 4.28. The molecule has 1 atom stereocenters. The molecule has 0 saturated heterocycles. The fraction of sp³-hybridized carbons (Fsp3) is 0.667. The number of hydrogen-bond donors (Lipinski definition) is 0. The van der Waals surface area contributed by atoms with Gasteiger partial charge in [0.1, 0.15) is 6.29 Å². The number of pyridine rings is 1. The SMILES string of the molecule is CCCCCCc1ccc2c(n1)CCC(C)(C)C2C=O. The minimum Gasteiger partial charge on any atom is -0.303 e. The average Bonchev–Trinajstić information content (AvgIpc) is 2.43. The van der Waals surface area contributed by atoms with E-state index in [0.29, 0.717) is 0 Å². The van der Waals surface area contributed by atoms with Crippen LogP contribution >= 0.6 is 0 Å². The zero-order valence-corrected chi connectivity index (χ0v) is 13.1. The predicted molar refractivity (Wildman–Crippen MR) is 83.0 cm³/mol. The van der Waals surface area contributed by atoms with Crippen LogP contribution in [-0.2, 0) is 17.6 Å². The molecule has 0 aromatic carbocycles. The number of nitrogens with zero attached hydrogens (tertiary/aromatic N) is 1. The highest BCUT2D eigenvalue weighted by molar-refractivity contribution is 5.65. The lowest BCUT2D eigenvalue weighted by Gasteiger charge is -2.36. The molecule has 1 unspecified atom stereocenters. The van der Waals surface area contributed by atoms with Gasteiger partial charge in [0.25, 0.3) is 0 Å². The van der Waals surface area contributed by atoms with Crippen LogP contribution in [0.4, 0.5) is 0 Å². The van der Waals surface area contributed by atoms with Crippen LogP contribution in [0.5, 0.6) is 0 Å². The second kappa shape index (κ2) is 6.51. The number of aryl methyl sites for hydroxylation is 2. The molecule has 0 bridgehead atoms. The van der Waals surface area contributed by atoms with Gasteiger partial charge >= 0.3 is 0 Å². The topological polar surface area (TPSA) is 30.0 Å². The molecule has 2 rings (SSSR count). The summed E-state index contributed by atoms with van der Waals surface area (Å²) < 4.78 is 0. The van der Waals surface area contributed by atoms with E-state index in [2.05, 4.69) is 32.9 Å². The maximum atomic E-state index is 11.4. The van der Waals surface area contributed by atoms with E-state index in [-0.39, 0.29) is 11.3 Å². The Morgan fingerprint density at radius 1 is 1.30 bits per heavy atom. The fourth-order valence-corrected chi connectivity index (χ4v) is 3.19. The van der Waals surface area contributed by atoms with Crippen LogP contribution < -0.4 is 0 Å². The molecule has 1 aliphatic rings. The Bertz CT molecular complexity index is 464. The normalized spacial score (nSPS) is 20.4. The van der Waals surface area contributed by atoms with Gasteiger partial charge in [0.05, 0.1) is 0 Å². The van der Waals surface area contributed by atoms with E-state index in [1.54, 1.807) is 0 Å². The first-order valence-electron chi connectivity index (χ1n) is 8.02. The summed E-state index contributed by atoms with van der Waals surface area (Å²) >= 11 is 0. The Balaban J connectivity index is 2.10. The van der Waals surface area contributed by atoms with E-state index in [4.69, 9.17) is 4.98 Å². The number of carbonyl (C=O) groups is 1. The molecular weight excluding hydrogens is 246 g/mol. The smallest absolute Gasteiger partial charge is 0.128 e. The van der Waals surface area contributed by atoms with E-state index in [0.717, 1.165) is 36.8 Å². The van der Waals surface area contributed by atoms with Crippen molar-refractivity contribution in [2.24, 2.45) is 5.41 Å². The number of rotatable bonds is 6. The number of aromatic nitrogens is 1. The monoisotopic (exact) mass is 273 g/mol. The van der Waals surface area contributed by atoms with Gasteiger partial charge in [0.15, 0.2) is 0 Å². The highest BCUT2D eigenvalue weighted by Gasteiger charge is 2.36. The molecule has 110 valence electrons. The standard InChI is InChI=1S/C18H27NO/c1-4-5-6-7-8-14-9-10-15-16(13-20)18(2,3)12-11-17(15)19-14/h9-10,13,16H,4-8,11-12H2,1-3H3. The summed E-state index contributed by atoms with van der Waals surface area (Å²) in [7, 11) is 0. The summed E-state index contributed by atoms with van der Waals surface area (Å²) in [5.41, 5.74) is 3.59. The molecule has 1 aromatic heterocycles. The van der Waals surface area contributed by atoms with Gasteiger partial charge in [-0.1, -0.05) is 46.1 Å². The van der Waals surface area contributed by atoms with Crippen molar-refractivity contribution in [1.29, 1.82) is 0 Å². The first-order chi connectivity index (χ1) is 9.58. The highest BCUT2D eigenvalue weighted by Crippen LogP contribution is 2.43. The van der Waals surface area contributed by atoms with Crippen LogP contribution in [0.3, 0.4) is 0 Å². The molecule has 0 amide bonds. The van der Waals surface area contributed by atoms with Crippen LogP contribution in [0.15, 0.2) is 12.1 Å². The zero-order valence-electron chi connectivity index (χ0n) is 13.1. The minimum atomic E-state index is 0.00731. The molecular formula is C18H27NO. The second-order valence-corrected chi connectivity index (χ2v) is 6.75. The van der Waals surface area contributed by atoms with Gasteiger partial charge in [-0.25, -0.2) is 0 Å². The number of hydrogen-bond acceptors (Lipinski definition) is 2. The Labute approximate surface area is 123 Å². The molecule has 0 saturated carbocycles. The predicted octanol–water partition coefficient (Wildman–Crippen LogP) is 4.46. The first-order valence-corrected chi connectivity index (χ1v) is 8.02. The van der Waals surface area contributed by atoms with Crippen LogP contribution in [0.25, 0.3) is 0 Å². The first kappa shape index (κ1) is 15.2. The van der Waals surface area contributed by atoms with Crippen molar-refractivity contribution >= 4 is 6.29 Å². The van der Waals surface area contributed by atoms with Crippen molar-refractivity contribution in [3.63, 3.8) is 0 Å². The molecule has 0 radical (unpaired) electrons. The molecule has 1 aliphatic carbocycles. The van der Waals surface area contributed by atoms with Crippen molar-refractivity contribution in [3.05, 3.63) is 29.1 Å². The molecule has 2 nitrogen and oxygen atoms in total. The summed E-state index contributed by atoms with van der Waals surface area (Å²) in [5.74, 6) is 0.00731. The lowest BCUT2D eigenvalue weighted by molar-refractivity contribution is -0.111. The van der Waals surface area contributed by atoms with Crippen LogP contribution in [-0.4, -0.2) is 11.3 Å². The second-order valence-electron chi connectivity index (χ2n) is 6.75. The summed E-state index contributed by atoms with van der Waals surface area (Å²) in [4.78, 5) is 16.3. The Kier molecular flexibility index (Phi) is 4.95. The lowest BCUT2D eigenvalue weighted by Crippen LogP contribution is -2.30. The van der Waals surface area contributed by atoms with Crippen molar-refractivity contribution in [2.45, 2.75) is 71.6 Å². The lowest BCUT2D eigenvalue weighted by atomic mass is 9.68. The van der Waals surface area contributed by atoms with Gasteiger partial charge in [-0.2, -0.15) is 0 Å². The number of fused-ring (bicyclic) bond motifs is 1. The molecule has 0 spiro atoms. The number of carbonyl (C=O) groups excluding carboxylic acids is 1. The molecule has 0 N–H and O–H groups in total. The average molecular weight is 273 g/mol. The third-order valence-corrected chi connectivity index (χ3v) is 4.67. The summed E-state index contributed by atoms with van der Waals surface area (Å²) in [5, 5.41) is 0. The Morgan fingerprint density at radius 2 is 2.10 bits per heavy atom. The Hall–Kier alpha value is -1.18. The zero-order chi connectivity index (χ0) is 14.6. The molecule has 1 heterocycles. The third-order valence-electron chi connectivity index (χ3n) is 4.67. The minimum absolute atomic E-state index is 0.00731. The Morgan fingerprint density at radius 3 is 2.80 bits per heavy atom. The molecule has 0 fully saturated rings. The largest absolute Gasteiger partial charge is 0.303 e. The van der Waals surface area contributed by atoms with Crippen molar-refractivity contribution in [2.75, 3.05) is 0 Å². The van der Waals surface area contributed by atoms with E-state index in [9.17, 15) is 4.79 Å². The van der Waals surface area contributed by atoms with E-state index in [1.807, 2.05) is 0 Å². The van der Waals surface area contributed by atoms with Crippen molar-refractivity contribution in [3.8, 4) is 0 Å². The van der Waals surface area contributed by atoms with Gasteiger partial charge < -0.3 is 4.79 Å². The molecule has 1 aromatic rings. The number of aldehydes is 1. The highest BCUT2D eigenvalue weighted by atomic mass is 16.1. The van der Waals surface area contributed by atoms with Gasteiger partial charge in [0, 0.05) is 17.3 Å². The van der Waals surface area contributed by atoms with Crippen molar-refractivity contribution in [1.82, 2.24) is 4.98 Å². The van der Waals surface area contributed by atoms with Crippen LogP contribution in [0, 0.1) is 5.41 Å². The molecule has 0 aliphatic heterocycles. The maximum absolute atomic E-state index is 11.4. The summed E-state index contributed by atoms with van der Waals surface area (Å²) in [6.07, 6.45) is 9.34. The molecule has 20 heavy (non-hydrogen) atoms. The van der Waals surface area contributed by atoms with E-state index < -0.39 is 0 Å². The van der Waals surface area contributed by atoms with Crippen molar-refractivity contribution < 1.29 is 4.79 Å². The maximum Gasteiger partial charge on any atom is 0.128 e. The molecule has 2 heteroatoms. The van der Waals surface area contributed by atoms with Crippen LogP contribution in [0.2, 0.25) is 0 Å². The number of unbranched alkanes of at least 4 members (excludes halogenated alkanes) is 3. The van der Waals surface area contributed by atoms with E-state index in [1.165, 1.54) is 31.4 Å². The fourth-order valence-electron chi connectivity index (χ4n) is 3.19. The quantitative estimate of drug-likeness (QED) is 0.566. The van der Waals surface area contributed by atoms with Gasteiger partial charge in [0.2, 0.25) is 0 Å². The van der Waals surface area contributed by atoms with Gasteiger partial charge in [-0.15, -0.1) is 0 Å². The van der Waals surface area contributed by atoms with E-state index >= 15 is 0 Å². The van der Waals surface area contributed by atoms with Gasteiger partial charge in [-0.05, 0) is 42.7 Å². The third kappa shape index (κ3) is 3.28.